The molecular formula is C18H15N2O4P. The Bertz CT molecular complexity index is 771. The Hall–Kier alpha value is -3.11. The van der Waals surface area contributed by atoms with E-state index in [-0.39, 0.29) is 0 Å². The van der Waals surface area contributed by atoms with Crippen LogP contribution in [0.3, 0.4) is 0 Å². The first-order valence-corrected chi connectivity index (χ1v) is 8.33. The molecule has 0 aliphatic rings. The van der Waals surface area contributed by atoms with Gasteiger partial charge in [-0.15, -0.1) is 0 Å². The smallest absolute Gasteiger partial charge is 0.258 e. The van der Waals surface area contributed by atoms with E-state index in [0.29, 0.717) is 0 Å². The van der Waals surface area contributed by atoms with Crippen molar-refractivity contribution in [3.05, 3.63) is 105 Å². The molecule has 0 aliphatic carbocycles. The van der Waals surface area contributed by atoms with Crippen LogP contribution in [0.4, 0.5) is 11.4 Å². The fraction of sp³-hybridized carbons (Fsp3) is 0. The molecule has 0 heterocycles. The van der Waals surface area contributed by atoms with Crippen molar-refractivity contribution in [2.24, 2.45) is 0 Å². The number of hydrogen-bond acceptors (Lipinski definition) is 4. The molecule has 3 aromatic rings. The van der Waals surface area contributed by atoms with Gasteiger partial charge >= 0.3 is 11.4 Å². The Morgan fingerprint density at radius 2 is 0.880 bits per heavy atom. The Labute approximate surface area is 146 Å². The minimum absolute atomic E-state index is 0.484. The maximum atomic E-state index is 10.2. The van der Waals surface area contributed by atoms with Crippen LogP contribution in [-0.2, 0) is 0 Å². The first-order valence-electron chi connectivity index (χ1n) is 7.33. The Kier molecular flexibility index (Phi) is 6.75. The lowest BCUT2D eigenvalue weighted by molar-refractivity contribution is -0.422. The molecule has 0 saturated heterocycles. The zero-order valence-electron chi connectivity index (χ0n) is 13.1. The van der Waals surface area contributed by atoms with Gasteiger partial charge in [0.25, 0.3) is 0 Å². The van der Waals surface area contributed by atoms with Gasteiger partial charge in [0.05, 0.1) is 9.85 Å². The van der Waals surface area contributed by atoms with Gasteiger partial charge in [0.2, 0.25) is 0 Å². The summed E-state index contributed by atoms with van der Waals surface area (Å²) in [4.78, 5) is 18.9. The third-order valence-corrected chi connectivity index (χ3v) is 4.36. The molecule has 0 saturated carbocycles. The second kappa shape index (κ2) is 9.25. The fourth-order valence-corrected chi connectivity index (χ4v) is 3.03. The van der Waals surface area contributed by atoms with E-state index in [1.165, 1.54) is 22.7 Å². The van der Waals surface area contributed by atoms with Gasteiger partial charge in [0.1, 0.15) is 0 Å². The van der Waals surface area contributed by atoms with Crippen molar-refractivity contribution in [2.45, 2.75) is 0 Å². The van der Waals surface area contributed by atoms with Crippen LogP contribution >= 0.6 is 8.58 Å². The number of para-hydroxylation sites is 2. The summed E-state index contributed by atoms with van der Waals surface area (Å²) in [6, 6.07) is 26.1. The monoisotopic (exact) mass is 354 g/mol. The van der Waals surface area contributed by atoms with Crippen LogP contribution in [0.2, 0.25) is 0 Å². The van der Waals surface area contributed by atoms with Crippen molar-refractivity contribution in [3.63, 3.8) is 0 Å². The average Bonchev–Trinajstić information content (AvgIpc) is 2.64. The maximum absolute atomic E-state index is 10.2. The van der Waals surface area contributed by atoms with Gasteiger partial charge in [0.15, 0.2) is 0 Å². The molecule has 0 radical (unpaired) electrons. The Morgan fingerprint density at radius 3 is 1.20 bits per heavy atom. The average molecular weight is 354 g/mol. The SMILES string of the molecule is O=[N+]([O-])c1ccccc1[N+](=O)[O-].c1ccc(Pc2ccccc2)cc1. The van der Waals surface area contributed by atoms with Crippen molar-refractivity contribution < 1.29 is 9.85 Å². The van der Waals surface area contributed by atoms with E-state index >= 15 is 0 Å². The normalized spacial score (nSPS) is 9.60. The summed E-state index contributed by atoms with van der Waals surface area (Å²) in [7, 11) is 0.777. The molecule has 0 aliphatic heterocycles. The first kappa shape index (κ1) is 18.2. The summed E-state index contributed by atoms with van der Waals surface area (Å²) < 4.78 is 0. The van der Waals surface area contributed by atoms with Gasteiger partial charge in [-0.3, -0.25) is 20.2 Å². The van der Waals surface area contributed by atoms with Crippen LogP contribution in [0.1, 0.15) is 0 Å². The molecule has 0 spiro atoms. The third kappa shape index (κ3) is 5.79. The van der Waals surface area contributed by atoms with Gasteiger partial charge in [-0.05, 0) is 10.6 Å². The molecule has 0 N–H and O–H groups in total. The predicted molar refractivity (Wildman–Crippen MR) is 100 cm³/mol. The minimum Gasteiger partial charge on any atom is -0.258 e. The van der Waals surface area contributed by atoms with Crippen LogP contribution in [-0.4, -0.2) is 9.85 Å². The predicted octanol–water partition coefficient (Wildman–Crippen LogP) is 3.82. The number of benzene rings is 3. The molecule has 7 heteroatoms. The highest BCUT2D eigenvalue weighted by molar-refractivity contribution is 7.55. The molecule has 0 amide bonds. The highest BCUT2D eigenvalue weighted by atomic mass is 31.1. The lowest BCUT2D eigenvalue weighted by Crippen LogP contribution is -2.01. The Balaban J connectivity index is 0.000000181. The van der Waals surface area contributed by atoms with E-state index in [1.807, 2.05) is 0 Å². The molecular weight excluding hydrogens is 339 g/mol. The van der Waals surface area contributed by atoms with Crippen LogP contribution < -0.4 is 10.6 Å². The van der Waals surface area contributed by atoms with E-state index in [2.05, 4.69) is 60.7 Å². The number of nitrogens with zero attached hydrogens (tertiary/aromatic N) is 2. The second-order valence-corrected chi connectivity index (χ2v) is 6.26. The molecule has 0 bridgehead atoms. The highest BCUT2D eigenvalue weighted by Crippen LogP contribution is 2.24. The van der Waals surface area contributed by atoms with Crippen molar-refractivity contribution in [3.8, 4) is 0 Å². The fourth-order valence-electron chi connectivity index (χ4n) is 1.98. The first-order chi connectivity index (χ1) is 12.1. The zero-order chi connectivity index (χ0) is 18.1. The molecule has 3 rings (SSSR count). The molecule has 0 atom stereocenters. The summed E-state index contributed by atoms with van der Waals surface area (Å²) in [6.07, 6.45) is 0. The van der Waals surface area contributed by atoms with Gasteiger partial charge in [-0.25, -0.2) is 0 Å². The standard InChI is InChI=1S/C12H11P.C6H4N2O4/c1-3-7-11(8-4-1)13-12-9-5-2-6-10-12;9-7(10)5-3-1-2-4-6(5)8(11)12/h1-10,13H;1-4H. The van der Waals surface area contributed by atoms with Crippen LogP contribution in [0, 0.1) is 20.2 Å². The molecule has 0 fully saturated rings. The quantitative estimate of drug-likeness (QED) is 0.405. The van der Waals surface area contributed by atoms with Crippen molar-refractivity contribution in [1.29, 1.82) is 0 Å². The topological polar surface area (TPSA) is 86.3 Å². The van der Waals surface area contributed by atoms with Gasteiger partial charge in [-0.1, -0.05) is 81.4 Å². The zero-order valence-corrected chi connectivity index (χ0v) is 14.1. The lowest BCUT2D eigenvalue weighted by atomic mass is 10.3. The molecule has 0 aromatic heterocycles. The summed E-state index contributed by atoms with van der Waals surface area (Å²) in [6.45, 7) is 0. The van der Waals surface area contributed by atoms with Crippen LogP contribution in [0.25, 0.3) is 0 Å². The van der Waals surface area contributed by atoms with Crippen LogP contribution in [0.5, 0.6) is 0 Å². The number of nitro groups is 2. The highest BCUT2D eigenvalue weighted by Gasteiger charge is 2.21. The number of hydrogen-bond donors (Lipinski definition) is 0. The molecule has 126 valence electrons. The van der Waals surface area contributed by atoms with E-state index in [1.54, 1.807) is 0 Å². The summed E-state index contributed by atoms with van der Waals surface area (Å²) in [5.74, 6) is 0. The molecule has 0 unspecified atom stereocenters. The molecule has 25 heavy (non-hydrogen) atoms. The number of rotatable bonds is 4. The maximum Gasteiger partial charge on any atom is 0.346 e. The Morgan fingerprint density at radius 1 is 0.560 bits per heavy atom. The van der Waals surface area contributed by atoms with E-state index < -0.39 is 21.2 Å². The van der Waals surface area contributed by atoms with E-state index in [4.69, 9.17) is 0 Å². The number of nitro benzene ring substituents is 2. The van der Waals surface area contributed by atoms with Gasteiger partial charge < -0.3 is 0 Å². The molecule has 6 nitrogen and oxygen atoms in total. The lowest BCUT2D eigenvalue weighted by Gasteiger charge is -2.00. The summed E-state index contributed by atoms with van der Waals surface area (Å²) in [5.41, 5.74) is -0.968. The summed E-state index contributed by atoms with van der Waals surface area (Å²) >= 11 is 0. The van der Waals surface area contributed by atoms with Crippen molar-refractivity contribution in [2.75, 3.05) is 0 Å². The summed E-state index contributed by atoms with van der Waals surface area (Å²) in [5, 5.41) is 23.2. The van der Waals surface area contributed by atoms with E-state index in [0.717, 1.165) is 20.7 Å². The van der Waals surface area contributed by atoms with Crippen LogP contribution in [0.15, 0.2) is 84.9 Å². The third-order valence-electron chi connectivity index (χ3n) is 3.11. The second-order valence-electron chi connectivity index (χ2n) is 4.86. The van der Waals surface area contributed by atoms with E-state index in [9.17, 15) is 20.2 Å². The van der Waals surface area contributed by atoms with Crippen molar-refractivity contribution >= 4 is 30.6 Å². The minimum atomic E-state index is -0.780. The van der Waals surface area contributed by atoms with Gasteiger partial charge in [0, 0.05) is 12.1 Å². The van der Waals surface area contributed by atoms with Gasteiger partial charge in [-0.2, -0.15) is 0 Å². The largest absolute Gasteiger partial charge is 0.346 e. The van der Waals surface area contributed by atoms with Crippen molar-refractivity contribution in [1.82, 2.24) is 0 Å². The molecule has 3 aromatic carbocycles.